The highest BCUT2D eigenvalue weighted by atomic mass is 16.7. The predicted molar refractivity (Wildman–Crippen MR) is 88.7 cm³/mol. The summed E-state index contributed by atoms with van der Waals surface area (Å²) in [6.07, 6.45) is 4.83. The number of carbonyl (C=O) groups is 1. The summed E-state index contributed by atoms with van der Waals surface area (Å²) >= 11 is 0. The topological polar surface area (TPSA) is 96.8 Å². The summed E-state index contributed by atoms with van der Waals surface area (Å²) in [5.41, 5.74) is 0.479. The van der Waals surface area contributed by atoms with Gasteiger partial charge < -0.3 is 24.8 Å². The van der Waals surface area contributed by atoms with E-state index in [-0.39, 0.29) is 18.7 Å². The first kappa shape index (κ1) is 15.6. The Balaban J connectivity index is 1.39. The van der Waals surface area contributed by atoms with E-state index in [1.807, 2.05) is 4.90 Å². The highest BCUT2D eigenvalue weighted by Gasteiger charge is 2.30. The number of nitrogens with zero attached hydrogens (tertiary/aromatic N) is 3. The Kier molecular flexibility index (Phi) is 4.10. The molecule has 2 aliphatic rings. The molecule has 2 aliphatic heterocycles. The molecule has 1 saturated heterocycles. The summed E-state index contributed by atoms with van der Waals surface area (Å²) < 4.78 is 10.5. The van der Waals surface area contributed by atoms with E-state index < -0.39 is 6.10 Å². The molecule has 2 N–H and O–H groups in total. The molecule has 1 fully saturated rings. The number of rotatable bonds is 3. The van der Waals surface area contributed by atoms with Gasteiger partial charge in [-0.15, -0.1) is 0 Å². The fraction of sp³-hybridized carbons (Fsp3) is 0.353. The molecule has 0 radical (unpaired) electrons. The number of hydrogen-bond donors (Lipinski definition) is 2. The van der Waals surface area contributed by atoms with Crippen molar-refractivity contribution in [2.45, 2.75) is 18.6 Å². The van der Waals surface area contributed by atoms with E-state index in [1.165, 1.54) is 0 Å². The number of aliphatic hydroxyl groups excluding tert-OH is 1. The zero-order valence-corrected chi connectivity index (χ0v) is 13.5. The first-order valence-corrected chi connectivity index (χ1v) is 8.10. The Bertz CT molecular complexity index is 770. The molecular formula is C17H18N4O4. The molecule has 2 aromatic rings. The molecule has 2 atom stereocenters. The van der Waals surface area contributed by atoms with E-state index in [0.717, 1.165) is 5.82 Å². The van der Waals surface area contributed by atoms with Crippen molar-refractivity contribution in [3.8, 4) is 11.5 Å². The Hall–Kier alpha value is -2.87. The van der Waals surface area contributed by atoms with Gasteiger partial charge in [-0.2, -0.15) is 0 Å². The van der Waals surface area contributed by atoms with E-state index in [0.29, 0.717) is 36.6 Å². The van der Waals surface area contributed by atoms with Gasteiger partial charge in [-0.25, -0.2) is 4.98 Å². The molecule has 0 unspecified atom stereocenters. The molecule has 4 rings (SSSR count). The summed E-state index contributed by atoms with van der Waals surface area (Å²) in [6, 6.07) is 4.73. The molecule has 0 aliphatic carbocycles. The quantitative estimate of drug-likeness (QED) is 0.842. The van der Waals surface area contributed by atoms with Crippen LogP contribution in [-0.4, -0.2) is 53.0 Å². The van der Waals surface area contributed by atoms with Crippen molar-refractivity contribution in [1.29, 1.82) is 0 Å². The van der Waals surface area contributed by atoms with E-state index in [2.05, 4.69) is 15.3 Å². The summed E-state index contributed by atoms with van der Waals surface area (Å²) in [4.78, 5) is 22.7. The second kappa shape index (κ2) is 6.56. The number of aliphatic hydroxyl groups is 1. The second-order valence-electron chi connectivity index (χ2n) is 6.01. The van der Waals surface area contributed by atoms with Crippen LogP contribution in [0.5, 0.6) is 11.5 Å². The molecular weight excluding hydrogens is 324 g/mol. The van der Waals surface area contributed by atoms with Crippen LogP contribution in [0, 0.1) is 0 Å². The van der Waals surface area contributed by atoms with Gasteiger partial charge in [-0.05, 0) is 24.6 Å². The molecule has 8 nitrogen and oxygen atoms in total. The number of anilines is 1. The van der Waals surface area contributed by atoms with Gasteiger partial charge in [-0.3, -0.25) is 9.78 Å². The number of carbonyl (C=O) groups excluding carboxylic acids is 1. The number of ether oxygens (including phenoxy) is 2. The van der Waals surface area contributed by atoms with Gasteiger partial charge in [0.25, 0.3) is 5.91 Å². The lowest BCUT2D eigenvalue weighted by atomic mass is 10.0. The van der Waals surface area contributed by atoms with Crippen LogP contribution in [0.3, 0.4) is 0 Å². The summed E-state index contributed by atoms with van der Waals surface area (Å²) in [6.45, 7) is 1.24. The number of benzene rings is 1. The molecule has 0 saturated carbocycles. The van der Waals surface area contributed by atoms with Crippen molar-refractivity contribution in [2.24, 2.45) is 0 Å². The minimum Gasteiger partial charge on any atom is -0.454 e. The van der Waals surface area contributed by atoms with Crippen molar-refractivity contribution >= 4 is 11.7 Å². The standard InChI is InChI=1S/C17H18N4O4/c22-13-9-21(16-8-18-4-5-19-16)6-3-12(13)20-17(23)11-1-2-14-15(7-11)25-10-24-14/h1-2,4-5,7-8,12-13,22H,3,6,9-10H2,(H,20,23)/t12-,13-/m1/s1. The van der Waals surface area contributed by atoms with Crippen molar-refractivity contribution in [2.75, 3.05) is 24.8 Å². The Labute approximate surface area is 144 Å². The van der Waals surface area contributed by atoms with Crippen LogP contribution in [0.15, 0.2) is 36.8 Å². The van der Waals surface area contributed by atoms with Crippen LogP contribution in [-0.2, 0) is 0 Å². The second-order valence-corrected chi connectivity index (χ2v) is 6.01. The summed E-state index contributed by atoms with van der Waals surface area (Å²) in [5, 5.41) is 13.3. The van der Waals surface area contributed by atoms with Gasteiger partial charge in [0.05, 0.1) is 18.3 Å². The fourth-order valence-corrected chi connectivity index (χ4v) is 3.05. The molecule has 130 valence electrons. The highest BCUT2D eigenvalue weighted by Crippen LogP contribution is 2.32. The lowest BCUT2D eigenvalue weighted by Gasteiger charge is -2.36. The van der Waals surface area contributed by atoms with Crippen LogP contribution >= 0.6 is 0 Å². The number of aromatic nitrogens is 2. The number of fused-ring (bicyclic) bond motifs is 1. The molecule has 1 amide bonds. The monoisotopic (exact) mass is 342 g/mol. The summed E-state index contributed by atoms with van der Waals surface area (Å²) in [7, 11) is 0. The molecule has 3 heterocycles. The third-order valence-electron chi connectivity index (χ3n) is 4.41. The Morgan fingerprint density at radius 2 is 2.16 bits per heavy atom. The minimum absolute atomic E-state index is 0.167. The van der Waals surface area contributed by atoms with Crippen LogP contribution in [0.25, 0.3) is 0 Å². The molecule has 8 heteroatoms. The van der Waals surface area contributed by atoms with Crippen LogP contribution in [0.1, 0.15) is 16.8 Å². The van der Waals surface area contributed by atoms with Crippen molar-refractivity contribution in [3.63, 3.8) is 0 Å². The third kappa shape index (κ3) is 3.20. The van der Waals surface area contributed by atoms with Gasteiger partial charge >= 0.3 is 0 Å². The van der Waals surface area contributed by atoms with E-state index in [4.69, 9.17) is 9.47 Å². The van der Waals surface area contributed by atoms with Crippen molar-refractivity contribution in [1.82, 2.24) is 15.3 Å². The maximum atomic E-state index is 12.5. The normalized spacial score (nSPS) is 21.9. The summed E-state index contributed by atoms with van der Waals surface area (Å²) in [5.74, 6) is 1.68. The van der Waals surface area contributed by atoms with Gasteiger partial charge in [0.1, 0.15) is 5.82 Å². The molecule has 1 aromatic carbocycles. The van der Waals surface area contributed by atoms with Gasteiger partial charge in [0.15, 0.2) is 11.5 Å². The van der Waals surface area contributed by atoms with Gasteiger partial charge in [0.2, 0.25) is 6.79 Å². The Morgan fingerprint density at radius 1 is 1.28 bits per heavy atom. The molecule has 0 spiro atoms. The van der Waals surface area contributed by atoms with Gasteiger partial charge in [-0.1, -0.05) is 0 Å². The van der Waals surface area contributed by atoms with E-state index in [9.17, 15) is 9.90 Å². The van der Waals surface area contributed by atoms with Crippen LogP contribution in [0.2, 0.25) is 0 Å². The Morgan fingerprint density at radius 3 is 2.96 bits per heavy atom. The maximum absolute atomic E-state index is 12.5. The number of piperidine rings is 1. The third-order valence-corrected chi connectivity index (χ3v) is 4.41. The average molecular weight is 342 g/mol. The predicted octanol–water partition coefficient (Wildman–Crippen LogP) is 0.575. The number of amides is 1. The van der Waals surface area contributed by atoms with Crippen molar-refractivity contribution in [3.05, 3.63) is 42.4 Å². The largest absolute Gasteiger partial charge is 0.454 e. The average Bonchev–Trinajstić information content (AvgIpc) is 3.12. The maximum Gasteiger partial charge on any atom is 0.251 e. The first-order valence-electron chi connectivity index (χ1n) is 8.10. The number of nitrogens with one attached hydrogen (secondary N) is 1. The van der Waals surface area contributed by atoms with Crippen molar-refractivity contribution < 1.29 is 19.4 Å². The highest BCUT2D eigenvalue weighted by molar-refractivity contribution is 5.95. The number of hydrogen-bond acceptors (Lipinski definition) is 7. The number of β-amino-alcohol motifs (C(OH)–C–C–N with tert-alkyl or cyclic N) is 1. The smallest absolute Gasteiger partial charge is 0.251 e. The minimum atomic E-state index is -0.686. The van der Waals surface area contributed by atoms with E-state index >= 15 is 0 Å². The van der Waals surface area contributed by atoms with E-state index in [1.54, 1.807) is 36.8 Å². The molecule has 25 heavy (non-hydrogen) atoms. The first-order chi connectivity index (χ1) is 12.2. The zero-order chi connectivity index (χ0) is 17.2. The lowest BCUT2D eigenvalue weighted by molar-refractivity contribution is 0.0797. The van der Waals surface area contributed by atoms with Crippen LogP contribution in [0.4, 0.5) is 5.82 Å². The zero-order valence-electron chi connectivity index (χ0n) is 13.5. The molecule has 1 aromatic heterocycles. The fourth-order valence-electron chi connectivity index (χ4n) is 3.05. The lowest BCUT2D eigenvalue weighted by Crippen LogP contribution is -2.54. The SMILES string of the molecule is O=C(N[C@@H]1CCN(c2cnccn2)C[C@H]1O)c1ccc2c(c1)OCO2. The van der Waals surface area contributed by atoms with Crippen LogP contribution < -0.4 is 19.7 Å². The molecule has 0 bridgehead atoms. The van der Waals surface area contributed by atoms with Gasteiger partial charge in [0, 0.05) is 31.0 Å².